The van der Waals surface area contributed by atoms with Crippen molar-refractivity contribution in [3.63, 3.8) is 0 Å². The van der Waals surface area contributed by atoms with Crippen molar-refractivity contribution in [2.75, 3.05) is 7.11 Å². The van der Waals surface area contributed by atoms with Crippen molar-refractivity contribution in [2.45, 2.75) is 11.8 Å². The van der Waals surface area contributed by atoms with E-state index < -0.39 is 15.9 Å². The largest absolute Gasteiger partial charge is 0.497 e. The lowest BCUT2D eigenvalue weighted by atomic mass is 10.2. The van der Waals surface area contributed by atoms with Crippen LogP contribution in [0.4, 0.5) is 0 Å². The number of hydrogen-bond acceptors (Lipinski definition) is 5. The summed E-state index contributed by atoms with van der Waals surface area (Å²) in [6, 6.07) is 14.8. The molecule has 3 aromatic rings. The first-order valence-electron chi connectivity index (χ1n) is 7.73. The van der Waals surface area contributed by atoms with Crippen LogP contribution in [-0.2, 0) is 10.0 Å². The highest BCUT2D eigenvalue weighted by Gasteiger charge is 2.20. The van der Waals surface area contributed by atoms with E-state index in [9.17, 15) is 13.2 Å². The monoisotopic (exact) mass is 371 g/mol. The molecule has 2 aromatic carbocycles. The average molecular weight is 371 g/mol. The Hall–Kier alpha value is -3.13. The topological polar surface area (TPSA) is 90.3 Å². The van der Waals surface area contributed by atoms with Gasteiger partial charge in [-0.1, -0.05) is 23.8 Å². The molecule has 8 heteroatoms. The summed E-state index contributed by atoms with van der Waals surface area (Å²) in [6.07, 6.45) is 1.57. The molecule has 0 saturated carbocycles. The van der Waals surface area contributed by atoms with Crippen LogP contribution in [0.15, 0.2) is 65.7 Å². The van der Waals surface area contributed by atoms with Crippen LogP contribution in [0.1, 0.15) is 16.1 Å². The maximum absolute atomic E-state index is 12.3. The molecular formula is C18H17N3O4S. The second-order valence-electron chi connectivity index (χ2n) is 5.59. The summed E-state index contributed by atoms with van der Waals surface area (Å²) in [5.41, 5.74) is 1.60. The van der Waals surface area contributed by atoms with Crippen LogP contribution in [0.5, 0.6) is 5.75 Å². The fraction of sp³-hybridized carbons (Fsp3) is 0.111. The third-order valence-corrected chi connectivity index (χ3v) is 5.04. The van der Waals surface area contributed by atoms with Crippen LogP contribution < -0.4 is 9.46 Å². The van der Waals surface area contributed by atoms with E-state index in [0.29, 0.717) is 11.4 Å². The lowest BCUT2D eigenvalue weighted by Crippen LogP contribution is -2.31. The molecule has 1 aromatic heterocycles. The average Bonchev–Trinajstić information content (AvgIpc) is 3.12. The van der Waals surface area contributed by atoms with Gasteiger partial charge >= 0.3 is 0 Å². The molecule has 7 nitrogen and oxygen atoms in total. The Morgan fingerprint density at radius 1 is 1.12 bits per heavy atom. The molecule has 26 heavy (non-hydrogen) atoms. The molecular weight excluding hydrogens is 354 g/mol. The molecule has 0 aliphatic carbocycles. The summed E-state index contributed by atoms with van der Waals surface area (Å²) in [5, 5.41) is 4.13. The maximum Gasteiger partial charge on any atom is 0.285 e. The standard InChI is InChI=1S/C18H17N3O4S/c1-13-6-8-16(9-7-13)26(23,24)20-18(22)17-10-11-21(19-17)14-4-3-5-15(12-14)25-2/h3-12H,1-2H3,(H,20,22). The summed E-state index contributed by atoms with van der Waals surface area (Å²) < 4.78 is 33.3. The number of rotatable bonds is 5. The molecule has 0 atom stereocenters. The van der Waals surface area contributed by atoms with Crippen LogP contribution in [0, 0.1) is 6.92 Å². The molecule has 134 valence electrons. The number of nitrogens with zero attached hydrogens (tertiary/aromatic N) is 2. The van der Waals surface area contributed by atoms with Gasteiger partial charge in [-0.2, -0.15) is 5.10 Å². The second kappa shape index (κ2) is 7.01. The zero-order valence-corrected chi connectivity index (χ0v) is 15.0. The number of benzene rings is 2. The Kier molecular flexibility index (Phi) is 4.77. The highest BCUT2D eigenvalue weighted by molar-refractivity contribution is 7.90. The predicted molar refractivity (Wildman–Crippen MR) is 95.9 cm³/mol. The normalized spacial score (nSPS) is 11.2. The first-order valence-corrected chi connectivity index (χ1v) is 9.21. The van der Waals surface area contributed by atoms with Gasteiger partial charge in [0, 0.05) is 12.3 Å². The number of carbonyl (C=O) groups is 1. The Balaban J connectivity index is 1.80. The smallest absolute Gasteiger partial charge is 0.285 e. The van der Waals surface area contributed by atoms with E-state index in [1.54, 1.807) is 49.7 Å². The highest BCUT2D eigenvalue weighted by Crippen LogP contribution is 2.16. The van der Waals surface area contributed by atoms with Gasteiger partial charge in [0.2, 0.25) is 0 Å². The van der Waals surface area contributed by atoms with Crippen molar-refractivity contribution in [1.29, 1.82) is 0 Å². The summed E-state index contributed by atoms with van der Waals surface area (Å²) in [6.45, 7) is 1.85. The third kappa shape index (κ3) is 3.75. The van der Waals surface area contributed by atoms with Crippen LogP contribution in [0.2, 0.25) is 0 Å². The van der Waals surface area contributed by atoms with Crippen LogP contribution >= 0.6 is 0 Å². The number of hydrogen-bond donors (Lipinski definition) is 1. The highest BCUT2D eigenvalue weighted by atomic mass is 32.2. The maximum atomic E-state index is 12.3. The van der Waals surface area contributed by atoms with E-state index in [1.165, 1.54) is 22.9 Å². The molecule has 0 bridgehead atoms. The number of carbonyl (C=O) groups excluding carboxylic acids is 1. The Bertz CT molecular complexity index is 1040. The second-order valence-corrected chi connectivity index (χ2v) is 7.28. The van der Waals surface area contributed by atoms with Crippen molar-refractivity contribution < 1.29 is 17.9 Å². The van der Waals surface area contributed by atoms with Crippen LogP contribution in [0.25, 0.3) is 5.69 Å². The van der Waals surface area contributed by atoms with E-state index in [2.05, 4.69) is 5.10 Å². The molecule has 1 amide bonds. The number of nitrogens with one attached hydrogen (secondary N) is 1. The lowest BCUT2D eigenvalue weighted by Gasteiger charge is -2.06. The zero-order valence-electron chi connectivity index (χ0n) is 14.2. The molecule has 0 aliphatic heterocycles. The summed E-state index contributed by atoms with van der Waals surface area (Å²) in [7, 11) is -2.41. The molecule has 0 unspecified atom stereocenters. The molecule has 0 radical (unpaired) electrons. The fourth-order valence-corrected chi connectivity index (χ4v) is 3.25. The van der Waals surface area contributed by atoms with Gasteiger partial charge in [0.25, 0.3) is 15.9 Å². The summed E-state index contributed by atoms with van der Waals surface area (Å²) >= 11 is 0. The minimum Gasteiger partial charge on any atom is -0.497 e. The molecule has 0 spiro atoms. The minimum absolute atomic E-state index is 0.0106. The van der Waals surface area contributed by atoms with Crippen molar-refractivity contribution >= 4 is 15.9 Å². The molecule has 1 heterocycles. The first-order chi connectivity index (χ1) is 12.4. The van der Waals surface area contributed by atoms with Gasteiger partial charge < -0.3 is 4.74 Å². The fourth-order valence-electron chi connectivity index (χ4n) is 2.29. The first kappa shape index (κ1) is 17.7. The number of aryl methyl sites for hydroxylation is 1. The molecule has 0 saturated heterocycles. The van der Waals surface area contributed by atoms with Gasteiger partial charge in [-0.25, -0.2) is 17.8 Å². The molecule has 1 N–H and O–H groups in total. The van der Waals surface area contributed by atoms with Gasteiger partial charge in [-0.15, -0.1) is 0 Å². The zero-order chi connectivity index (χ0) is 18.7. The van der Waals surface area contributed by atoms with Crippen molar-refractivity contribution in [3.05, 3.63) is 72.1 Å². The minimum atomic E-state index is -3.96. The lowest BCUT2D eigenvalue weighted by molar-refractivity contribution is 0.0976. The quantitative estimate of drug-likeness (QED) is 0.743. The van der Waals surface area contributed by atoms with Gasteiger partial charge in [0.15, 0.2) is 5.69 Å². The van der Waals surface area contributed by atoms with Crippen LogP contribution in [-0.4, -0.2) is 31.2 Å². The van der Waals surface area contributed by atoms with Gasteiger partial charge in [0.05, 0.1) is 17.7 Å². The number of methoxy groups -OCH3 is 1. The van der Waals surface area contributed by atoms with Crippen molar-refractivity contribution in [2.24, 2.45) is 0 Å². The van der Waals surface area contributed by atoms with Crippen molar-refractivity contribution in [3.8, 4) is 11.4 Å². The summed E-state index contributed by atoms with van der Waals surface area (Å²) in [4.78, 5) is 12.3. The number of aromatic nitrogens is 2. The van der Waals surface area contributed by atoms with Gasteiger partial charge in [-0.3, -0.25) is 4.79 Å². The van der Waals surface area contributed by atoms with Crippen molar-refractivity contribution in [1.82, 2.24) is 14.5 Å². The van der Waals surface area contributed by atoms with Gasteiger partial charge in [0.1, 0.15) is 5.75 Å². The molecule has 0 aliphatic rings. The van der Waals surface area contributed by atoms with E-state index >= 15 is 0 Å². The Morgan fingerprint density at radius 2 is 1.85 bits per heavy atom. The number of amides is 1. The SMILES string of the molecule is COc1cccc(-n2ccc(C(=O)NS(=O)(=O)c3ccc(C)cc3)n2)c1. The van der Waals surface area contributed by atoms with E-state index in [0.717, 1.165) is 5.56 Å². The van der Waals surface area contributed by atoms with E-state index in [4.69, 9.17) is 4.74 Å². The Morgan fingerprint density at radius 3 is 2.54 bits per heavy atom. The Labute approximate surface area is 151 Å². The van der Waals surface area contributed by atoms with E-state index in [1.807, 2.05) is 11.6 Å². The molecule has 3 rings (SSSR count). The summed E-state index contributed by atoms with van der Waals surface area (Å²) in [5.74, 6) is -0.154. The van der Waals surface area contributed by atoms with Crippen LogP contribution in [0.3, 0.4) is 0 Å². The number of ether oxygens (including phenoxy) is 1. The molecule has 0 fully saturated rings. The predicted octanol–water partition coefficient (Wildman–Crippen LogP) is 2.31. The number of sulfonamides is 1. The van der Waals surface area contributed by atoms with E-state index in [-0.39, 0.29) is 10.6 Å². The van der Waals surface area contributed by atoms with Gasteiger partial charge in [-0.05, 0) is 37.3 Å². The third-order valence-electron chi connectivity index (χ3n) is 3.70.